The zero-order valence-electron chi connectivity index (χ0n) is 14.5. The molecule has 1 fully saturated rings. The van der Waals surface area contributed by atoms with Crippen LogP contribution >= 0.6 is 0 Å². The summed E-state index contributed by atoms with van der Waals surface area (Å²) in [4.78, 5) is 23.3. The van der Waals surface area contributed by atoms with Gasteiger partial charge in [0.25, 0.3) is 0 Å². The van der Waals surface area contributed by atoms with Gasteiger partial charge >= 0.3 is 6.03 Å². The van der Waals surface area contributed by atoms with Gasteiger partial charge in [-0.2, -0.15) is 0 Å². The van der Waals surface area contributed by atoms with E-state index in [1.165, 1.54) is 12.1 Å². The topological polar surface area (TPSA) is 104 Å². The average Bonchev–Trinajstić information content (AvgIpc) is 2.84. The lowest BCUT2D eigenvalue weighted by Crippen LogP contribution is -2.30. The highest BCUT2D eigenvalue weighted by atomic mass is 32.2. The first kappa shape index (κ1) is 19.2. The molecule has 1 saturated heterocycles. The van der Waals surface area contributed by atoms with Crippen molar-refractivity contribution in [2.24, 2.45) is 0 Å². The molecule has 0 spiro atoms. The molecule has 1 aromatic rings. The molecule has 0 aromatic heterocycles. The number of benzene rings is 1. The Labute approximate surface area is 148 Å². The van der Waals surface area contributed by atoms with Crippen molar-refractivity contribution in [1.29, 1.82) is 0 Å². The minimum atomic E-state index is -3.29. The summed E-state index contributed by atoms with van der Waals surface area (Å²) in [5, 5.41) is 8.42. The van der Waals surface area contributed by atoms with Crippen molar-refractivity contribution in [3.8, 4) is 0 Å². The fraction of sp³-hybridized carbons (Fsp3) is 0.529. The van der Waals surface area contributed by atoms with E-state index in [1.54, 1.807) is 12.1 Å². The van der Waals surface area contributed by atoms with Crippen molar-refractivity contribution < 1.29 is 18.0 Å². The summed E-state index contributed by atoms with van der Waals surface area (Å²) in [7, 11) is -3.29. The first-order chi connectivity index (χ1) is 11.8. The van der Waals surface area contributed by atoms with E-state index in [9.17, 15) is 18.0 Å². The van der Waals surface area contributed by atoms with Gasteiger partial charge in [-0.05, 0) is 38.0 Å². The van der Waals surface area contributed by atoms with E-state index < -0.39 is 9.84 Å². The summed E-state index contributed by atoms with van der Waals surface area (Å²) in [6.45, 7) is 1.97. The van der Waals surface area contributed by atoms with Gasteiger partial charge in [-0.25, -0.2) is 13.2 Å². The predicted octanol–water partition coefficient (Wildman–Crippen LogP) is 2.05. The highest BCUT2D eigenvalue weighted by Crippen LogP contribution is 2.16. The van der Waals surface area contributed by atoms with E-state index in [0.29, 0.717) is 12.1 Å². The van der Waals surface area contributed by atoms with Crippen molar-refractivity contribution >= 4 is 27.5 Å². The van der Waals surface area contributed by atoms with Gasteiger partial charge in [-0.1, -0.05) is 18.9 Å². The van der Waals surface area contributed by atoms with E-state index in [1.807, 2.05) is 6.92 Å². The number of carbonyl (C=O) groups excluding carboxylic acids is 2. The molecule has 8 heteroatoms. The number of rotatable bonds is 8. The maximum atomic E-state index is 12.0. The molecule has 1 heterocycles. The largest absolute Gasteiger partial charge is 0.334 e. The van der Waals surface area contributed by atoms with Crippen LogP contribution in [0.5, 0.6) is 0 Å². The molecule has 3 amide bonds. The quantitative estimate of drug-likeness (QED) is 0.612. The van der Waals surface area contributed by atoms with E-state index in [4.69, 9.17) is 0 Å². The number of amides is 3. The minimum absolute atomic E-state index is 0.117. The van der Waals surface area contributed by atoms with Gasteiger partial charge in [0.15, 0.2) is 9.84 Å². The van der Waals surface area contributed by atoms with Crippen LogP contribution in [-0.2, 0) is 14.6 Å². The average molecular weight is 367 g/mol. The molecule has 7 nitrogen and oxygen atoms in total. The van der Waals surface area contributed by atoms with Crippen LogP contribution in [0, 0.1) is 0 Å². The lowest BCUT2D eigenvalue weighted by atomic mass is 10.0. The molecule has 25 heavy (non-hydrogen) atoms. The molecule has 1 aliphatic rings. The van der Waals surface area contributed by atoms with Gasteiger partial charge in [-0.3, -0.25) is 4.79 Å². The summed E-state index contributed by atoms with van der Waals surface area (Å²) in [6, 6.07) is 6.42. The third-order valence-electron chi connectivity index (χ3n) is 4.24. The Balaban J connectivity index is 1.68. The molecule has 138 valence electrons. The lowest BCUT2D eigenvalue weighted by molar-refractivity contribution is -0.116. The van der Waals surface area contributed by atoms with Crippen LogP contribution in [-0.4, -0.2) is 38.7 Å². The number of hydrogen-bond donors (Lipinski definition) is 3. The number of hydrogen-bond acceptors (Lipinski definition) is 4. The van der Waals surface area contributed by atoms with Gasteiger partial charge in [0.05, 0.1) is 10.9 Å². The monoisotopic (exact) mass is 367 g/mol. The SMILES string of the molecule is CC1NC(=O)NC1CCCCCC(=O)Nc1cccc(S(C)(=O)=O)c1. The van der Waals surface area contributed by atoms with E-state index in [2.05, 4.69) is 16.0 Å². The number of nitrogens with one attached hydrogen (secondary N) is 3. The number of carbonyl (C=O) groups is 2. The summed E-state index contributed by atoms with van der Waals surface area (Å²) in [6.07, 6.45) is 4.99. The normalized spacial score (nSPS) is 20.0. The van der Waals surface area contributed by atoms with Gasteiger partial charge in [0.1, 0.15) is 0 Å². The smallest absolute Gasteiger partial charge is 0.315 e. The zero-order chi connectivity index (χ0) is 18.4. The Bertz CT molecular complexity index is 733. The third kappa shape index (κ3) is 6.04. The van der Waals surface area contributed by atoms with Crippen molar-refractivity contribution in [2.45, 2.75) is 56.0 Å². The molecular formula is C17H25N3O4S. The molecule has 0 bridgehead atoms. The van der Waals surface area contributed by atoms with Gasteiger partial charge in [0.2, 0.25) is 5.91 Å². The van der Waals surface area contributed by atoms with Crippen LogP contribution in [0.25, 0.3) is 0 Å². The highest BCUT2D eigenvalue weighted by molar-refractivity contribution is 7.90. The zero-order valence-corrected chi connectivity index (χ0v) is 15.4. The van der Waals surface area contributed by atoms with Crippen LogP contribution in [0.3, 0.4) is 0 Å². The maximum absolute atomic E-state index is 12.0. The van der Waals surface area contributed by atoms with E-state index in [0.717, 1.165) is 31.9 Å². The third-order valence-corrected chi connectivity index (χ3v) is 5.35. The highest BCUT2D eigenvalue weighted by Gasteiger charge is 2.26. The van der Waals surface area contributed by atoms with Crippen LogP contribution in [0.15, 0.2) is 29.2 Å². The number of sulfone groups is 1. The molecule has 3 N–H and O–H groups in total. The number of anilines is 1. The molecular weight excluding hydrogens is 342 g/mol. The molecule has 0 saturated carbocycles. The second-order valence-electron chi connectivity index (χ2n) is 6.46. The Morgan fingerprint density at radius 2 is 1.96 bits per heavy atom. The number of unbranched alkanes of at least 4 members (excludes halogenated alkanes) is 2. The van der Waals surface area contributed by atoms with Gasteiger partial charge in [0, 0.05) is 24.4 Å². The van der Waals surface area contributed by atoms with Crippen LogP contribution in [0.2, 0.25) is 0 Å². The Morgan fingerprint density at radius 1 is 1.20 bits per heavy atom. The number of urea groups is 1. The fourth-order valence-electron chi connectivity index (χ4n) is 2.82. The van der Waals surface area contributed by atoms with Crippen molar-refractivity contribution in [2.75, 3.05) is 11.6 Å². The summed E-state index contributed by atoms with van der Waals surface area (Å²) < 4.78 is 23.0. The van der Waals surface area contributed by atoms with Gasteiger partial charge in [-0.15, -0.1) is 0 Å². The molecule has 2 rings (SSSR count). The van der Waals surface area contributed by atoms with Crippen LogP contribution in [0.1, 0.15) is 39.0 Å². The first-order valence-electron chi connectivity index (χ1n) is 8.43. The first-order valence-corrected chi connectivity index (χ1v) is 10.3. The lowest BCUT2D eigenvalue weighted by Gasteiger charge is -2.13. The molecule has 2 unspecified atom stereocenters. The van der Waals surface area contributed by atoms with Crippen molar-refractivity contribution in [3.63, 3.8) is 0 Å². The Kier molecular flexibility index (Phi) is 6.41. The fourth-order valence-corrected chi connectivity index (χ4v) is 3.49. The second-order valence-corrected chi connectivity index (χ2v) is 8.48. The summed E-state index contributed by atoms with van der Waals surface area (Å²) in [5.41, 5.74) is 0.487. The van der Waals surface area contributed by atoms with Crippen molar-refractivity contribution in [1.82, 2.24) is 10.6 Å². The summed E-state index contributed by atoms with van der Waals surface area (Å²) >= 11 is 0. The van der Waals surface area contributed by atoms with E-state index >= 15 is 0 Å². The molecule has 0 radical (unpaired) electrons. The summed E-state index contributed by atoms with van der Waals surface area (Å²) in [5.74, 6) is -0.130. The van der Waals surface area contributed by atoms with E-state index in [-0.39, 0.29) is 28.9 Å². The van der Waals surface area contributed by atoms with Crippen molar-refractivity contribution in [3.05, 3.63) is 24.3 Å². The van der Waals surface area contributed by atoms with Crippen LogP contribution in [0.4, 0.5) is 10.5 Å². The second kappa shape index (κ2) is 8.33. The Hall–Kier alpha value is -2.09. The minimum Gasteiger partial charge on any atom is -0.334 e. The van der Waals surface area contributed by atoms with Gasteiger partial charge < -0.3 is 16.0 Å². The predicted molar refractivity (Wildman–Crippen MR) is 96.2 cm³/mol. The molecule has 1 aliphatic heterocycles. The van der Waals surface area contributed by atoms with Crippen LogP contribution < -0.4 is 16.0 Å². The standard InChI is InChI=1S/C17H25N3O4S/c1-12-15(20-17(22)18-12)9-4-3-5-10-16(21)19-13-7-6-8-14(11-13)25(2,23)24/h6-8,11-12,15H,3-5,9-10H2,1-2H3,(H,19,21)(H2,18,20,22). The molecule has 2 atom stereocenters. The maximum Gasteiger partial charge on any atom is 0.315 e. The molecule has 0 aliphatic carbocycles. The molecule has 1 aromatic carbocycles. The Morgan fingerprint density at radius 3 is 2.60 bits per heavy atom.